The molecule has 0 radical (unpaired) electrons. The third-order valence-corrected chi connectivity index (χ3v) is 3.06. The molecule has 3 nitrogen and oxygen atoms in total. The molecule has 0 atom stereocenters. The minimum Gasteiger partial charge on any atom is -0.289 e. The predicted octanol–water partition coefficient (Wildman–Crippen LogP) is 1.29. The summed E-state index contributed by atoms with van der Waals surface area (Å²) < 4.78 is 0. The first-order valence-corrected chi connectivity index (χ1v) is 5.20. The van der Waals surface area contributed by atoms with Crippen molar-refractivity contribution in [1.82, 2.24) is 10.4 Å². The largest absolute Gasteiger partial charge is 0.289 e. The lowest BCUT2D eigenvalue weighted by Crippen LogP contribution is -2.32. The predicted molar refractivity (Wildman–Crippen MR) is 52.2 cm³/mol. The van der Waals surface area contributed by atoms with Crippen LogP contribution in [-0.2, 0) is 11.3 Å². The second-order valence-electron chi connectivity index (χ2n) is 3.30. The van der Waals surface area contributed by atoms with Crippen molar-refractivity contribution in [3.8, 4) is 0 Å². The van der Waals surface area contributed by atoms with Crippen LogP contribution in [0.5, 0.6) is 0 Å². The molecular weight excluding hydrogens is 184 g/mol. The van der Waals surface area contributed by atoms with Gasteiger partial charge in [-0.2, -0.15) is 0 Å². The van der Waals surface area contributed by atoms with Gasteiger partial charge in [0.15, 0.2) is 0 Å². The maximum absolute atomic E-state index is 10.9. The average Bonchev–Trinajstić information content (AvgIpc) is 2.62. The Hall–Kier alpha value is -0.870. The first-order chi connectivity index (χ1) is 6.24. The highest BCUT2D eigenvalue weighted by atomic mass is 32.1. The molecule has 0 unspecified atom stereocenters. The summed E-state index contributed by atoms with van der Waals surface area (Å²) in [5.74, 6) is 0.133. The van der Waals surface area contributed by atoms with Gasteiger partial charge in [0, 0.05) is 17.8 Å². The number of nitrogens with zero attached hydrogens (tertiary/aromatic N) is 1. The minimum atomic E-state index is 0.133. The van der Waals surface area contributed by atoms with Gasteiger partial charge >= 0.3 is 0 Å². The molecule has 1 amide bonds. The van der Waals surface area contributed by atoms with Gasteiger partial charge in [0.05, 0.1) is 6.54 Å². The Kier molecular flexibility index (Phi) is 2.33. The number of hydrazine groups is 1. The molecule has 0 bridgehead atoms. The van der Waals surface area contributed by atoms with Gasteiger partial charge in [-0.05, 0) is 23.9 Å². The third-order valence-electron chi connectivity index (χ3n) is 2.02. The first kappa shape index (κ1) is 8.72. The monoisotopic (exact) mass is 196 g/mol. The molecular formula is C9H12N2OS. The molecule has 0 aromatic carbocycles. The van der Waals surface area contributed by atoms with Crippen LogP contribution in [-0.4, -0.2) is 17.5 Å². The fourth-order valence-corrected chi connectivity index (χ4v) is 2.29. The van der Waals surface area contributed by atoms with E-state index < -0.39 is 0 Å². The second-order valence-corrected chi connectivity index (χ2v) is 4.29. The van der Waals surface area contributed by atoms with Crippen LogP contribution in [0.2, 0.25) is 0 Å². The fourth-order valence-electron chi connectivity index (χ4n) is 1.40. The summed E-state index contributed by atoms with van der Waals surface area (Å²) in [6.45, 7) is 3.75. The number of carbonyl (C=O) groups excluding carboxylic acids is 1. The summed E-state index contributed by atoms with van der Waals surface area (Å²) in [4.78, 5) is 12.2. The van der Waals surface area contributed by atoms with E-state index in [0.717, 1.165) is 13.1 Å². The molecule has 13 heavy (non-hydrogen) atoms. The van der Waals surface area contributed by atoms with Gasteiger partial charge in [-0.15, -0.1) is 11.3 Å². The number of rotatable bonds is 2. The van der Waals surface area contributed by atoms with Gasteiger partial charge in [-0.25, -0.2) is 5.01 Å². The number of hydrogen-bond donors (Lipinski definition) is 1. The first-order valence-electron chi connectivity index (χ1n) is 4.32. The Morgan fingerprint density at radius 1 is 1.69 bits per heavy atom. The molecule has 1 aromatic rings. The standard InChI is InChI=1S/C9H12N2OS/c1-7-4-8(13-6-7)5-11-3-2-9(12)10-11/h4,6H,2-3,5H2,1H3,(H,10,12). The molecule has 1 saturated heterocycles. The molecule has 0 aliphatic carbocycles. The van der Waals surface area contributed by atoms with Crippen LogP contribution < -0.4 is 5.43 Å². The molecule has 4 heteroatoms. The van der Waals surface area contributed by atoms with Crippen LogP contribution in [0.25, 0.3) is 0 Å². The quantitative estimate of drug-likeness (QED) is 0.773. The summed E-state index contributed by atoms with van der Waals surface area (Å²) >= 11 is 1.74. The summed E-state index contributed by atoms with van der Waals surface area (Å²) in [5.41, 5.74) is 4.11. The molecule has 0 spiro atoms. The zero-order valence-electron chi connectivity index (χ0n) is 7.54. The Morgan fingerprint density at radius 2 is 2.54 bits per heavy atom. The van der Waals surface area contributed by atoms with E-state index >= 15 is 0 Å². The molecule has 1 aliphatic heterocycles. The lowest BCUT2D eigenvalue weighted by molar-refractivity contribution is -0.121. The third kappa shape index (κ3) is 2.08. The highest BCUT2D eigenvalue weighted by molar-refractivity contribution is 7.10. The van der Waals surface area contributed by atoms with Crippen LogP contribution in [0, 0.1) is 6.92 Å². The van der Waals surface area contributed by atoms with Crippen LogP contribution >= 0.6 is 11.3 Å². The summed E-state index contributed by atoms with van der Waals surface area (Å²) in [6.07, 6.45) is 0.629. The van der Waals surface area contributed by atoms with Crippen LogP contribution in [0.15, 0.2) is 11.4 Å². The van der Waals surface area contributed by atoms with Crippen molar-refractivity contribution in [2.75, 3.05) is 6.54 Å². The number of aryl methyl sites for hydroxylation is 1. The Balaban J connectivity index is 1.95. The van der Waals surface area contributed by atoms with Crippen molar-refractivity contribution in [3.63, 3.8) is 0 Å². The molecule has 70 valence electrons. The number of carbonyl (C=O) groups is 1. The van der Waals surface area contributed by atoms with Crippen molar-refractivity contribution in [1.29, 1.82) is 0 Å². The second kappa shape index (κ2) is 3.47. The topological polar surface area (TPSA) is 32.3 Å². The SMILES string of the molecule is Cc1csc(CN2CCC(=O)N2)c1. The zero-order chi connectivity index (χ0) is 9.26. The van der Waals surface area contributed by atoms with E-state index in [9.17, 15) is 4.79 Å². The molecule has 1 aromatic heterocycles. The molecule has 1 N–H and O–H groups in total. The van der Waals surface area contributed by atoms with Gasteiger partial charge in [-0.1, -0.05) is 0 Å². The highest BCUT2D eigenvalue weighted by Gasteiger charge is 2.18. The zero-order valence-corrected chi connectivity index (χ0v) is 8.36. The minimum absolute atomic E-state index is 0.133. The van der Waals surface area contributed by atoms with E-state index in [4.69, 9.17) is 0 Å². The van der Waals surface area contributed by atoms with E-state index in [-0.39, 0.29) is 5.91 Å². The smallest absolute Gasteiger partial charge is 0.235 e. The van der Waals surface area contributed by atoms with Gasteiger partial charge in [0.25, 0.3) is 0 Å². The summed E-state index contributed by atoms with van der Waals surface area (Å²) in [7, 11) is 0. The molecule has 1 aliphatic rings. The van der Waals surface area contributed by atoms with Crippen LogP contribution in [0.4, 0.5) is 0 Å². The molecule has 0 saturated carbocycles. The maximum Gasteiger partial charge on any atom is 0.235 e. The molecule has 2 rings (SSSR count). The Bertz CT molecular complexity index is 321. The average molecular weight is 196 g/mol. The van der Waals surface area contributed by atoms with Crippen LogP contribution in [0.1, 0.15) is 16.9 Å². The Morgan fingerprint density at radius 3 is 3.08 bits per heavy atom. The maximum atomic E-state index is 10.9. The Labute approximate surface area is 81.3 Å². The van der Waals surface area contributed by atoms with E-state index in [1.807, 2.05) is 5.01 Å². The molecule has 2 heterocycles. The fraction of sp³-hybridized carbons (Fsp3) is 0.444. The van der Waals surface area contributed by atoms with Gasteiger partial charge in [0.2, 0.25) is 5.91 Å². The highest BCUT2D eigenvalue weighted by Crippen LogP contribution is 2.16. The number of amides is 1. The summed E-state index contributed by atoms with van der Waals surface area (Å²) in [5, 5.41) is 4.10. The van der Waals surface area contributed by atoms with E-state index in [1.165, 1.54) is 10.4 Å². The lowest BCUT2D eigenvalue weighted by atomic mass is 10.3. The van der Waals surface area contributed by atoms with Crippen molar-refractivity contribution in [3.05, 3.63) is 21.9 Å². The van der Waals surface area contributed by atoms with E-state index in [0.29, 0.717) is 6.42 Å². The van der Waals surface area contributed by atoms with Crippen LogP contribution in [0.3, 0.4) is 0 Å². The van der Waals surface area contributed by atoms with Gasteiger partial charge in [-0.3, -0.25) is 10.2 Å². The van der Waals surface area contributed by atoms with E-state index in [1.54, 1.807) is 11.3 Å². The number of hydrogen-bond acceptors (Lipinski definition) is 3. The van der Waals surface area contributed by atoms with Gasteiger partial charge in [0.1, 0.15) is 0 Å². The lowest BCUT2D eigenvalue weighted by Gasteiger charge is -2.12. The van der Waals surface area contributed by atoms with Crippen molar-refractivity contribution in [2.24, 2.45) is 0 Å². The molecule has 1 fully saturated rings. The normalized spacial score (nSPS) is 17.8. The number of nitrogens with one attached hydrogen (secondary N) is 1. The van der Waals surface area contributed by atoms with Crippen molar-refractivity contribution in [2.45, 2.75) is 19.9 Å². The van der Waals surface area contributed by atoms with Gasteiger partial charge < -0.3 is 0 Å². The number of thiophene rings is 1. The summed E-state index contributed by atoms with van der Waals surface area (Å²) in [6, 6.07) is 2.16. The van der Waals surface area contributed by atoms with Crippen molar-refractivity contribution >= 4 is 17.2 Å². The van der Waals surface area contributed by atoms with Crippen molar-refractivity contribution < 1.29 is 4.79 Å². The van der Waals surface area contributed by atoms with E-state index in [2.05, 4.69) is 23.8 Å².